The minimum atomic E-state index is 0.529. The van der Waals surface area contributed by atoms with Gasteiger partial charge in [-0.2, -0.15) is 0 Å². The third-order valence-electron chi connectivity index (χ3n) is 2.78. The van der Waals surface area contributed by atoms with Crippen LogP contribution < -0.4 is 5.32 Å². The van der Waals surface area contributed by atoms with Gasteiger partial charge >= 0.3 is 0 Å². The van der Waals surface area contributed by atoms with E-state index in [1.54, 1.807) is 0 Å². The number of rotatable bonds is 4. The molecule has 0 saturated heterocycles. The van der Waals surface area contributed by atoms with Crippen molar-refractivity contribution in [3.8, 4) is 0 Å². The molecule has 1 atom stereocenters. The molecule has 16 heavy (non-hydrogen) atoms. The smallest absolute Gasteiger partial charge is 0.0631 e. The average Bonchev–Trinajstić information content (AvgIpc) is 2.95. The van der Waals surface area contributed by atoms with E-state index in [4.69, 9.17) is 0 Å². The fourth-order valence-electron chi connectivity index (χ4n) is 1.84. The van der Waals surface area contributed by atoms with Gasteiger partial charge < -0.3 is 5.32 Å². The minimum Gasteiger partial charge on any atom is -0.381 e. The van der Waals surface area contributed by atoms with Crippen molar-refractivity contribution in [3.05, 3.63) is 25.6 Å². The highest BCUT2D eigenvalue weighted by molar-refractivity contribution is 9.11. The Labute approximate surface area is 122 Å². The molecule has 1 fully saturated rings. The normalized spacial score (nSPS) is 17.2. The number of benzene rings is 1. The van der Waals surface area contributed by atoms with E-state index >= 15 is 0 Å². The summed E-state index contributed by atoms with van der Waals surface area (Å²) in [7, 11) is 0. The quantitative estimate of drug-likeness (QED) is 0.682. The second-order valence-electron chi connectivity index (χ2n) is 4.47. The van der Waals surface area contributed by atoms with Gasteiger partial charge in [0.2, 0.25) is 0 Å². The van der Waals surface area contributed by atoms with Crippen LogP contribution in [0.25, 0.3) is 0 Å². The molecule has 0 aliphatic heterocycles. The maximum Gasteiger partial charge on any atom is 0.0631 e. The molecule has 0 amide bonds. The molecule has 88 valence electrons. The summed E-state index contributed by atoms with van der Waals surface area (Å²) in [5, 5.41) is 3.56. The molecule has 1 aromatic rings. The Morgan fingerprint density at radius 2 is 1.81 bits per heavy atom. The number of hydrogen-bond donors (Lipinski definition) is 1. The Kier molecular flexibility index (Phi) is 4.36. The molecule has 2 rings (SSSR count). The lowest BCUT2D eigenvalue weighted by molar-refractivity contribution is 0.641. The summed E-state index contributed by atoms with van der Waals surface area (Å²) in [6, 6.07) is 4.66. The van der Waals surface area contributed by atoms with Gasteiger partial charge in [0.1, 0.15) is 0 Å². The van der Waals surface area contributed by atoms with Gasteiger partial charge in [0, 0.05) is 19.5 Å². The van der Waals surface area contributed by atoms with E-state index in [1.807, 2.05) is 0 Å². The first kappa shape index (κ1) is 12.9. The zero-order chi connectivity index (χ0) is 11.7. The predicted octanol–water partition coefficient (Wildman–Crippen LogP) is 5.57. The summed E-state index contributed by atoms with van der Waals surface area (Å²) in [5.41, 5.74) is 1.15. The van der Waals surface area contributed by atoms with E-state index in [0.717, 1.165) is 25.0 Å². The molecule has 1 aliphatic carbocycles. The van der Waals surface area contributed by atoms with Crippen LogP contribution in [-0.4, -0.2) is 6.04 Å². The predicted molar refractivity (Wildman–Crippen MR) is 80.0 cm³/mol. The van der Waals surface area contributed by atoms with Gasteiger partial charge in [0.25, 0.3) is 0 Å². The summed E-state index contributed by atoms with van der Waals surface area (Å²) < 4.78 is 3.26. The second kappa shape index (κ2) is 5.40. The van der Waals surface area contributed by atoms with Gasteiger partial charge in [-0.25, -0.2) is 0 Å². The fourth-order valence-corrected chi connectivity index (χ4v) is 4.33. The van der Waals surface area contributed by atoms with Gasteiger partial charge in [0.05, 0.1) is 5.69 Å². The summed E-state index contributed by atoms with van der Waals surface area (Å²) in [5.74, 6) is 0.954. The Hall–Kier alpha value is 0.460. The van der Waals surface area contributed by atoms with E-state index in [9.17, 15) is 0 Å². The van der Waals surface area contributed by atoms with Crippen LogP contribution in [0.3, 0.4) is 0 Å². The van der Waals surface area contributed by atoms with Crippen LogP contribution in [0.5, 0.6) is 0 Å². The molecule has 0 radical (unpaired) electrons. The summed E-state index contributed by atoms with van der Waals surface area (Å²) in [6.45, 7) is 2.25. The molecular formula is C12H14Br3N. The molecular weight excluding hydrogens is 398 g/mol. The first-order valence-corrected chi connectivity index (χ1v) is 7.85. The molecule has 1 unspecified atom stereocenters. The molecule has 1 N–H and O–H groups in total. The monoisotopic (exact) mass is 409 g/mol. The maximum atomic E-state index is 3.59. The number of anilines is 1. The van der Waals surface area contributed by atoms with Gasteiger partial charge in [-0.3, -0.25) is 0 Å². The van der Waals surface area contributed by atoms with Crippen molar-refractivity contribution in [1.29, 1.82) is 0 Å². The fraction of sp³-hybridized carbons (Fsp3) is 0.500. The largest absolute Gasteiger partial charge is 0.381 e. The van der Waals surface area contributed by atoms with Crippen molar-refractivity contribution in [3.63, 3.8) is 0 Å². The van der Waals surface area contributed by atoms with Crippen molar-refractivity contribution in [2.45, 2.75) is 32.2 Å². The molecule has 0 heterocycles. The number of halogens is 3. The van der Waals surface area contributed by atoms with Crippen molar-refractivity contribution in [1.82, 2.24) is 0 Å². The Morgan fingerprint density at radius 3 is 2.31 bits per heavy atom. The van der Waals surface area contributed by atoms with Crippen molar-refractivity contribution in [2.75, 3.05) is 5.32 Å². The summed E-state index contributed by atoms with van der Waals surface area (Å²) in [4.78, 5) is 0. The Morgan fingerprint density at radius 1 is 1.25 bits per heavy atom. The van der Waals surface area contributed by atoms with E-state index in [2.05, 4.69) is 72.2 Å². The van der Waals surface area contributed by atoms with E-state index < -0.39 is 0 Å². The first-order chi connectivity index (χ1) is 7.56. The summed E-state index contributed by atoms with van der Waals surface area (Å²) >= 11 is 10.6. The highest BCUT2D eigenvalue weighted by atomic mass is 79.9. The van der Waals surface area contributed by atoms with Crippen LogP contribution in [-0.2, 0) is 0 Å². The molecule has 1 nitrogen and oxygen atoms in total. The molecule has 0 aromatic heterocycles. The number of nitrogens with one attached hydrogen (secondary N) is 1. The van der Waals surface area contributed by atoms with Gasteiger partial charge in [-0.1, -0.05) is 28.8 Å². The van der Waals surface area contributed by atoms with Gasteiger partial charge in [-0.05, 0) is 63.3 Å². The maximum absolute atomic E-state index is 3.59. The lowest BCUT2D eigenvalue weighted by Crippen LogP contribution is -2.16. The third-order valence-corrected chi connectivity index (χ3v) is 4.49. The Balaban J connectivity index is 2.07. The van der Waals surface area contributed by atoms with Crippen LogP contribution in [0, 0.1) is 5.92 Å². The van der Waals surface area contributed by atoms with Crippen LogP contribution in [0.2, 0.25) is 0 Å². The van der Waals surface area contributed by atoms with Gasteiger partial charge in [0.15, 0.2) is 0 Å². The van der Waals surface area contributed by atoms with E-state index in [1.165, 1.54) is 19.3 Å². The average molecular weight is 412 g/mol. The minimum absolute atomic E-state index is 0.529. The highest BCUT2D eigenvalue weighted by Gasteiger charge is 2.24. The zero-order valence-electron chi connectivity index (χ0n) is 9.06. The second-order valence-corrected chi connectivity index (χ2v) is 7.09. The number of hydrogen-bond acceptors (Lipinski definition) is 1. The van der Waals surface area contributed by atoms with Crippen molar-refractivity contribution >= 4 is 53.5 Å². The molecule has 1 saturated carbocycles. The molecule has 0 bridgehead atoms. The molecule has 4 heteroatoms. The standard InChI is InChI=1S/C12H14Br3N/c1-7(4-8-2-3-8)16-12-10(14)5-9(13)6-11(12)15/h5-8,16H,2-4H2,1H3. The molecule has 1 aliphatic rings. The van der Waals surface area contributed by atoms with Crippen molar-refractivity contribution < 1.29 is 0 Å². The molecule has 1 aromatic carbocycles. The Bertz CT molecular complexity index is 365. The summed E-state index contributed by atoms with van der Waals surface area (Å²) in [6.07, 6.45) is 4.10. The van der Waals surface area contributed by atoms with Gasteiger partial charge in [-0.15, -0.1) is 0 Å². The van der Waals surface area contributed by atoms with E-state index in [-0.39, 0.29) is 0 Å². The zero-order valence-corrected chi connectivity index (χ0v) is 13.8. The lowest BCUT2D eigenvalue weighted by atomic mass is 10.1. The topological polar surface area (TPSA) is 12.0 Å². The third kappa shape index (κ3) is 3.47. The molecule has 0 spiro atoms. The SMILES string of the molecule is CC(CC1CC1)Nc1c(Br)cc(Br)cc1Br. The lowest BCUT2D eigenvalue weighted by Gasteiger charge is -2.17. The van der Waals surface area contributed by atoms with Crippen LogP contribution >= 0.6 is 47.8 Å². The van der Waals surface area contributed by atoms with Crippen LogP contribution in [0.1, 0.15) is 26.2 Å². The van der Waals surface area contributed by atoms with Crippen LogP contribution in [0.15, 0.2) is 25.6 Å². The highest BCUT2D eigenvalue weighted by Crippen LogP contribution is 2.37. The van der Waals surface area contributed by atoms with E-state index in [0.29, 0.717) is 6.04 Å². The first-order valence-electron chi connectivity index (χ1n) is 5.47. The van der Waals surface area contributed by atoms with Crippen LogP contribution in [0.4, 0.5) is 5.69 Å². The van der Waals surface area contributed by atoms with Crippen molar-refractivity contribution in [2.24, 2.45) is 5.92 Å².